The number of carbonyl (C=O) groups is 1. The molecule has 2 aliphatic heterocycles. The molecule has 122 valence electrons. The second-order valence-electron chi connectivity index (χ2n) is 5.07. The van der Waals surface area contributed by atoms with Crippen LogP contribution in [0.2, 0.25) is 0 Å². The maximum Gasteiger partial charge on any atom is 0.245 e. The first-order valence-corrected chi connectivity index (χ1v) is 8.35. The molecule has 3 heteroatoms. The lowest BCUT2D eigenvalue weighted by atomic mass is 9.77. The van der Waals surface area contributed by atoms with E-state index in [1.54, 1.807) is 4.90 Å². The van der Waals surface area contributed by atoms with Crippen LogP contribution in [0.25, 0.3) is 0 Å². The van der Waals surface area contributed by atoms with Gasteiger partial charge < -0.3 is 9.64 Å². The van der Waals surface area contributed by atoms with Crippen molar-refractivity contribution in [1.29, 1.82) is 0 Å². The highest BCUT2D eigenvalue weighted by atomic mass is 16.5. The molecule has 0 saturated heterocycles. The molecule has 0 fully saturated rings. The minimum absolute atomic E-state index is 0.0960. The zero-order chi connectivity index (χ0) is 17.0. The molecule has 1 spiro atoms. The third-order valence-corrected chi connectivity index (χ3v) is 4.19. The average molecular weight is 311 g/mol. The number of benzene rings is 2. The maximum atomic E-state index is 12.8. The molecule has 2 aromatic rings. The van der Waals surface area contributed by atoms with Gasteiger partial charge in [0.1, 0.15) is 17.8 Å². The third-order valence-electron chi connectivity index (χ3n) is 4.19. The Kier molecular flexibility index (Phi) is 5.09. The van der Waals surface area contributed by atoms with Gasteiger partial charge in [-0.1, -0.05) is 64.1 Å². The molecule has 4 rings (SSSR count). The molecule has 23 heavy (non-hydrogen) atoms. The van der Waals surface area contributed by atoms with Crippen LogP contribution in [0.1, 0.15) is 38.8 Å². The van der Waals surface area contributed by atoms with Gasteiger partial charge in [0.15, 0.2) is 0 Å². The Morgan fingerprint density at radius 2 is 1.48 bits per heavy atom. The van der Waals surface area contributed by atoms with Crippen LogP contribution < -0.4 is 9.64 Å². The molecule has 0 bridgehead atoms. The summed E-state index contributed by atoms with van der Waals surface area (Å²) in [5.74, 6) is 0.916. The summed E-state index contributed by atoms with van der Waals surface area (Å²) in [7, 11) is 1.83. The number of amides is 1. The van der Waals surface area contributed by atoms with E-state index in [4.69, 9.17) is 4.74 Å². The molecule has 1 amide bonds. The summed E-state index contributed by atoms with van der Waals surface area (Å²) in [4.78, 5) is 14.5. The highest BCUT2D eigenvalue weighted by Crippen LogP contribution is 2.51. The van der Waals surface area contributed by atoms with E-state index < -0.39 is 5.41 Å². The van der Waals surface area contributed by atoms with Crippen LogP contribution in [0.4, 0.5) is 5.69 Å². The number of ether oxygens (including phenoxy) is 1. The fraction of sp³-hybridized carbons (Fsp3) is 0.350. The zero-order valence-electron chi connectivity index (χ0n) is 14.6. The summed E-state index contributed by atoms with van der Waals surface area (Å²) < 4.78 is 5.76. The van der Waals surface area contributed by atoms with Gasteiger partial charge in [-0.15, -0.1) is 0 Å². The normalized spacial score (nSPS) is 19.9. The van der Waals surface area contributed by atoms with Gasteiger partial charge in [0.05, 0.1) is 0 Å². The SMILES string of the molecule is CC.CC.CN1C(=O)[C@@]2(COc3ccccc32)c2ccccc21. The number of fused-ring (bicyclic) bond motifs is 4. The number of anilines is 1. The number of nitrogens with zero attached hydrogens (tertiary/aromatic N) is 1. The van der Waals surface area contributed by atoms with Crippen molar-refractivity contribution in [2.45, 2.75) is 33.1 Å². The topological polar surface area (TPSA) is 29.5 Å². The first-order valence-electron chi connectivity index (χ1n) is 8.35. The van der Waals surface area contributed by atoms with E-state index in [2.05, 4.69) is 0 Å². The molecule has 1 atom stereocenters. The lowest BCUT2D eigenvalue weighted by Gasteiger charge is -2.21. The Balaban J connectivity index is 0.000000448. The second-order valence-corrected chi connectivity index (χ2v) is 5.07. The van der Waals surface area contributed by atoms with Crippen LogP contribution in [0.15, 0.2) is 48.5 Å². The lowest BCUT2D eigenvalue weighted by Crippen LogP contribution is -2.40. The summed E-state index contributed by atoms with van der Waals surface area (Å²) in [6, 6.07) is 15.8. The number of hydrogen-bond donors (Lipinski definition) is 0. The summed E-state index contributed by atoms with van der Waals surface area (Å²) in [6.45, 7) is 8.40. The Morgan fingerprint density at radius 3 is 2.17 bits per heavy atom. The van der Waals surface area contributed by atoms with Gasteiger partial charge in [0.25, 0.3) is 0 Å². The van der Waals surface area contributed by atoms with Gasteiger partial charge in [-0.25, -0.2) is 0 Å². The van der Waals surface area contributed by atoms with Gasteiger partial charge in [-0.2, -0.15) is 0 Å². The third kappa shape index (κ3) is 2.31. The predicted octanol–water partition coefficient (Wildman–Crippen LogP) is 4.39. The van der Waals surface area contributed by atoms with E-state index in [1.807, 2.05) is 83.3 Å². The zero-order valence-corrected chi connectivity index (χ0v) is 14.6. The molecule has 0 saturated carbocycles. The standard InChI is InChI=1S/C16H13NO2.2C2H6/c1-17-13-8-4-2-6-11(13)16(15(17)18)10-19-14-9-5-3-7-12(14)16;2*1-2/h2-9H,10H2,1H3;2*1-2H3/t16-;;/m0../s1. The van der Waals surface area contributed by atoms with Crippen LogP contribution in [0.3, 0.4) is 0 Å². The van der Waals surface area contributed by atoms with Crippen molar-refractivity contribution in [1.82, 2.24) is 0 Å². The minimum Gasteiger partial charge on any atom is -0.491 e. The van der Waals surface area contributed by atoms with Gasteiger partial charge >= 0.3 is 0 Å². The van der Waals surface area contributed by atoms with Crippen LogP contribution in [0.5, 0.6) is 5.75 Å². The number of para-hydroxylation sites is 2. The van der Waals surface area contributed by atoms with Crippen molar-refractivity contribution in [2.24, 2.45) is 0 Å². The molecule has 3 nitrogen and oxygen atoms in total. The molecule has 0 radical (unpaired) electrons. The fourth-order valence-electron chi connectivity index (χ4n) is 3.25. The quantitative estimate of drug-likeness (QED) is 0.722. The van der Waals surface area contributed by atoms with Crippen molar-refractivity contribution in [3.63, 3.8) is 0 Å². The Labute approximate surface area is 138 Å². The van der Waals surface area contributed by atoms with Gasteiger partial charge in [0, 0.05) is 18.3 Å². The minimum atomic E-state index is -0.651. The van der Waals surface area contributed by atoms with Crippen molar-refractivity contribution >= 4 is 11.6 Å². The molecule has 2 aromatic carbocycles. The number of likely N-dealkylation sites (N-methyl/N-ethyl adjacent to an activating group) is 1. The first kappa shape index (κ1) is 17.1. The fourth-order valence-corrected chi connectivity index (χ4v) is 3.25. The largest absolute Gasteiger partial charge is 0.491 e. The van der Waals surface area contributed by atoms with E-state index in [1.165, 1.54) is 0 Å². The van der Waals surface area contributed by atoms with Gasteiger partial charge in [0.2, 0.25) is 5.91 Å². The molecule has 2 heterocycles. The van der Waals surface area contributed by atoms with Gasteiger partial charge in [-0.05, 0) is 17.7 Å². The molecule has 0 unspecified atom stereocenters. The van der Waals surface area contributed by atoms with Gasteiger partial charge in [-0.3, -0.25) is 4.79 Å². The summed E-state index contributed by atoms with van der Waals surface area (Å²) in [6.07, 6.45) is 0. The summed E-state index contributed by atoms with van der Waals surface area (Å²) in [5.41, 5.74) is 2.36. The van der Waals surface area contributed by atoms with E-state index in [-0.39, 0.29) is 5.91 Å². The highest BCUT2D eigenvalue weighted by molar-refractivity contribution is 6.11. The molecule has 0 N–H and O–H groups in total. The molecule has 2 aliphatic rings. The van der Waals surface area contributed by atoms with E-state index >= 15 is 0 Å². The number of hydrogen-bond acceptors (Lipinski definition) is 2. The Hall–Kier alpha value is -2.29. The molecular weight excluding hydrogens is 286 g/mol. The van der Waals surface area contributed by atoms with Crippen molar-refractivity contribution in [2.75, 3.05) is 18.6 Å². The van der Waals surface area contributed by atoms with Crippen LogP contribution in [-0.2, 0) is 10.2 Å². The lowest BCUT2D eigenvalue weighted by molar-refractivity contribution is -0.121. The predicted molar refractivity (Wildman–Crippen MR) is 95.3 cm³/mol. The van der Waals surface area contributed by atoms with E-state index in [0.29, 0.717) is 6.61 Å². The monoisotopic (exact) mass is 311 g/mol. The van der Waals surface area contributed by atoms with Crippen LogP contribution in [0, 0.1) is 0 Å². The van der Waals surface area contributed by atoms with E-state index in [0.717, 1.165) is 22.6 Å². The van der Waals surface area contributed by atoms with Crippen molar-refractivity contribution in [3.05, 3.63) is 59.7 Å². The highest BCUT2D eigenvalue weighted by Gasteiger charge is 2.55. The van der Waals surface area contributed by atoms with Crippen LogP contribution >= 0.6 is 0 Å². The smallest absolute Gasteiger partial charge is 0.245 e. The molecule has 0 aromatic heterocycles. The van der Waals surface area contributed by atoms with Crippen LogP contribution in [-0.4, -0.2) is 19.6 Å². The number of rotatable bonds is 0. The van der Waals surface area contributed by atoms with E-state index in [9.17, 15) is 4.79 Å². The summed E-state index contributed by atoms with van der Waals surface area (Å²) in [5, 5.41) is 0. The first-order chi connectivity index (χ1) is 11.2. The second kappa shape index (κ2) is 6.86. The average Bonchev–Trinajstić information content (AvgIpc) is 3.13. The molecule has 0 aliphatic carbocycles. The maximum absolute atomic E-state index is 12.8. The summed E-state index contributed by atoms with van der Waals surface area (Å²) >= 11 is 0. The Bertz CT molecular complexity index is 696. The molecular formula is C20H25NO2. The van der Waals surface area contributed by atoms with Crippen molar-refractivity contribution < 1.29 is 9.53 Å². The number of carbonyl (C=O) groups excluding carboxylic acids is 1. The van der Waals surface area contributed by atoms with Crippen molar-refractivity contribution in [3.8, 4) is 5.75 Å². The Morgan fingerprint density at radius 1 is 0.913 bits per heavy atom.